The molecule has 1 N–H and O–H groups in total. The second-order valence-corrected chi connectivity index (χ2v) is 7.73. The maximum Gasteiger partial charge on any atom is 0.308 e. The van der Waals surface area contributed by atoms with Crippen LogP contribution in [0.15, 0.2) is 48.5 Å². The number of methoxy groups -OCH3 is 1. The second-order valence-electron chi connectivity index (χ2n) is 7.73. The van der Waals surface area contributed by atoms with Crippen LogP contribution in [-0.2, 0) is 25.5 Å². The van der Waals surface area contributed by atoms with Gasteiger partial charge in [0.25, 0.3) is 0 Å². The number of ether oxygens (including phenoxy) is 2. The van der Waals surface area contributed by atoms with Gasteiger partial charge in [-0.15, -0.1) is 0 Å². The van der Waals surface area contributed by atoms with Crippen LogP contribution in [0.4, 0.5) is 5.69 Å². The summed E-state index contributed by atoms with van der Waals surface area (Å²) in [6.45, 7) is 4.36. The quantitative estimate of drug-likeness (QED) is 0.607. The number of nitrogens with one attached hydrogen (secondary N) is 1. The molecule has 1 heterocycles. The summed E-state index contributed by atoms with van der Waals surface area (Å²) in [6, 6.07) is 14.4. The third-order valence-electron chi connectivity index (χ3n) is 5.65. The van der Waals surface area contributed by atoms with Crippen LogP contribution in [0, 0.1) is 5.92 Å². The average Bonchev–Trinajstić information content (AvgIpc) is 3.20. The Kier molecular flexibility index (Phi) is 7.87. The van der Waals surface area contributed by atoms with Gasteiger partial charge in [0, 0.05) is 18.7 Å². The lowest BCUT2D eigenvalue weighted by Crippen LogP contribution is -2.36. The maximum atomic E-state index is 13.1. The highest BCUT2D eigenvalue weighted by atomic mass is 16.5. The van der Waals surface area contributed by atoms with E-state index in [0.717, 1.165) is 23.2 Å². The average molecular weight is 439 g/mol. The molecule has 2 atom stereocenters. The topological polar surface area (TPSA) is 84.9 Å². The molecule has 0 aliphatic carbocycles. The SMILES string of the molecule is CCOC(=O)C[C@H](NC(=O)[C@@H]1CC(=O)N(c2ccccc2CC)C1)c1cccc(OC)c1. The first kappa shape index (κ1) is 23.3. The number of esters is 1. The highest BCUT2D eigenvalue weighted by Crippen LogP contribution is 2.30. The van der Waals surface area contributed by atoms with Crippen molar-refractivity contribution in [2.24, 2.45) is 5.92 Å². The minimum Gasteiger partial charge on any atom is -0.497 e. The van der Waals surface area contributed by atoms with Gasteiger partial charge in [0.2, 0.25) is 11.8 Å². The second kappa shape index (κ2) is 10.8. The van der Waals surface area contributed by atoms with Gasteiger partial charge in [-0.25, -0.2) is 0 Å². The number of nitrogens with zero attached hydrogens (tertiary/aromatic N) is 1. The summed E-state index contributed by atoms with van der Waals surface area (Å²) < 4.78 is 10.4. The van der Waals surface area contributed by atoms with Crippen molar-refractivity contribution in [1.82, 2.24) is 5.32 Å². The van der Waals surface area contributed by atoms with Crippen LogP contribution in [0.3, 0.4) is 0 Å². The number of amides is 2. The van der Waals surface area contributed by atoms with Crippen LogP contribution in [0.5, 0.6) is 5.75 Å². The van der Waals surface area contributed by atoms with Gasteiger partial charge in [-0.1, -0.05) is 37.3 Å². The van der Waals surface area contributed by atoms with Crippen molar-refractivity contribution in [1.29, 1.82) is 0 Å². The largest absolute Gasteiger partial charge is 0.497 e. The predicted octanol–water partition coefficient (Wildman–Crippen LogP) is 3.42. The van der Waals surface area contributed by atoms with Gasteiger partial charge in [-0.2, -0.15) is 0 Å². The molecule has 0 unspecified atom stereocenters. The zero-order valence-electron chi connectivity index (χ0n) is 18.8. The molecule has 1 saturated heterocycles. The van der Waals surface area contributed by atoms with E-state index in [0.29, 0.717) is 12.3 Å². The summed E-state index contributed by atoms with van der Waals surface area (Å²) in [6.07, 6.45) is 0.929. The van der Waals surface area contributed by atoms with Crippen LogP contribution in [-0.4, -0.2) is 38.0 Å². The molecule has 0 saturated carbocycles. The lowest BCUT2D eigenvalue weighted by atomic mass is 10.0. The molecular formula is C25H30N2O5. The smallest absolute Gasteiger partial charge is 0.308 e. The first-order valence-electron chi connectivity index (χ1n) is 10.9. The number of anilines is 1. The molecule has 0 bridgehead atoms. The summed E-state index contributed by atoms with van der Waals surface area (Å²) in [7, 11) is 1.56. The van der Waals surface area contributed by atoms with Crippen molar-refractivity contribution in [2.45, 2.75) is 39.2 Å². The molecule has 1 fully saturated rings. The normalized spacial score (nSPS) is 16.5. The highest BCUT2D eigenvalue weighted by Gasteiger charge is 2.36. The molecule has 2 amide bonds. The lowest BCUT2D eigenvalue weighted by Gasteiger charge is -2.22. The van der Waals surface area contributed by atoms with E-state index in [2.05, 4.69) is 5.32 Å². The molecule has 0 spiro atoms. The first-order valence-corrected chi connectivity index (χ1v) is 10.9. The fourth-order valence-corrected chi connectivity index (χ4v) is 3.98. The van der Waals surface area contributed by atoms with E-state index in [1.807, 2.05) is 37.3 Å². The van der Waals surface area contributed by atoms with Crippen molar-refractivity contribution >= 4 is 23.5 Å². The van der Waals surface area contributed by atoms with Crippen molar-refractivity contribution in [3.8, 4) is 5.75 Å². The van der Waals surface area contributed by atoms with Crippen molar-refractivity contribution < 1.29 is 23.9 Å². The molecule has 1 aliphatic rings. The van der Waals surface area contributed by atoms with Crippen LogP contribution >= 0.6 is 0 Å². The van der Waals surface area contributed by atoms with Crippen molar-refractivity contribution in [2.75, 3.05) is 25.2 Å². The number of carbonyl (C=O) groups excluding carboxylic acids is 3. The monoisotopic (exact) mass is 438 g/mol. The van der Waals surface area contributed by atoms with E-state index in [9.17, 15) is 14.4 Å². The van der Waals surface area contributed by atoms with E-state index in [1.54, 1.807) is 37.1 Å². The Balaban J connectivity index is 1.76. The third-order valence-corrected chi connectivity index (χ3v) is 5.65. The molecule has 2 aromatic rings. The Bertz CT molecular complexity index is 974. The van der Waals surface area contributed by atoms with Gasteiger partial charge in [0.15, 0.2) is 0 Å². The molecule has 7 nitrogen and oxygen atoms in total. The van der Waals surface area contributed by atoms with Gasteiger partial charge in [-0.05, 0) is 42.7 Å². The molecule has 2 aromatic carbocycles. The first-order chi connectivity index (χ1) is 15.5. The van der Waals surface area contributed by atoms with E-state index < -0.39 is 17.9 Å². The van der Waals surface area contributed by atoms with Crippen LogP contribution in [0.25, 0.3) is 0 Å². The summed E-state index contributed by atoms with van der Waals surface area (Å²) >= 11 is 0. The molecule has 32 heavy (non-hydrogen) atoms. The van der Waals surface area contributed by atoms with Gasteiger partial charge in [-0.3, -0.25) is 14.4 Å². The van der Waals surface area contributed by atoms with Gasteiger partial charge < -0.3 is 19.7 Å². The van der Waals surface area contributed by atoms with Crippen LogP contribution in [0.1, 0.15) is 43.9 Å². The van der Waals surface area contributed by atoms with E-state index in [1.165, 1.54) is 0 Å². The van der Waals surface area contributed by atoms with E-state index in [-0.39, 0.29) is 31.3 Å². The van der Waals surface area contributed by atoms with Gasteiger partial charge >= 0.3 is 5.97 Å². The number of para-hydroxylation sites is 1. The number of hydrogen-bond acceptors (Lipinski definition) is 5. The van der Waals surface area contributed by atoms with Crippen molar-refractivity contribution in [3.05, 3.63) is 59.7 Å². The van der Waals surface area contributed by atoms with E-state index >= 15 is 0 Å². The standard InChI is InChI=1S/C25H30N2O5/c1-4-17-9-6-7-12-22(17)27-16-19(14-23(27)28)25(30)26-21(15-24(29)32-5-2)18-10-8-11-20(13-18)31-3/h6-13,19,21H,4-5,14-16H2,1-3H3,(H,26,30)/t19-,21+/m1/s1. The zero-order valence-corrected chi connectivity index (χ0v) is 18.8. The van der Waals surface area contributed by atoms with Crippen LogP contribution < -0.4 is 15.0 Å². The zero-order chi connectivity index (χ0) is 23.1. The molecule has 7 heteroatoms. The molecule has 170 valence electrons. The lowest BCUT2D eigenvalue weighted by molar-refractivity contribution is -0.144. The Morgan fingerprint density at radius 2 is 1.94 bits per heavy atom. The Morgan fingerprint density at radius 3 is 2.66 bits per heavy atom. The Hall–Kier alpha value is -3.35. The summed E-state index contributed by atoms with van der Waals surface area (Å²) in [4.78, 5) is 39.7. The number of benzene rings is 2. The Morgan fingerprint density at radius 1 is 1.16 bits per heavy atom. The molecule has 0 radical (unpaired) electrons. The highest BCUT2D eigenvalue weighted by molar-refractivity contribution is 6.01. The number of aryl methyl sites for hydroxylation is 1. The number of carbonyl (C=O) groups is 3. The summed E-state index contributed by atoms with van der Waals surface area (Å²) in [5, 5.41) is 2.96. The summed E-state index contributed by atoms with van der Waals surface area (Å²) in [5.74, 6) is -0.602. The van der Waals surface area contributed by atoms with E-state index in [4.69, 9.17) is 9.47 Å². The predicted molar refractivity (Wildman–Crippen MR) is 121 cm³/mol. The molecule has 1 aliphatic heterocycles. The Labute approximate surface area is 188 Å². The number of hydrogen-bond donors (Lipinski definition) is 1. The fourth-order valence-electron chi connectivity index (χ4n) is 3.98. The summed E-state index contributed by atoms with van der Waals surface area (Å²) in [5.41, 5.74) is 2.66. The molecular weight excluding hydrogens is 408 g/mol. The third kappa shape index (κ3) is 5.46. The van der Waals surface area contributed by atoms with Gasteiger partial charge in [0.05, 0.1) is 32.1 Å². The molecule has 0 aromatic heterocycles. The minimum absolute atomic E-state index is 0.00417. The molecule has 3 rings (SSSR count). The van der Waals surface area contributed by atoms with Crippen LogP contribution in [0.2, 0.25) is 0 Å². The maximum absolute atomic E-state index is 13.1. The van der Waals surface area contributed by atoms with Gasteiger partial charge in [0.1, 0.15) is 5.75 Å². The van der Waals surface area contributed by atoms with Crippen molar-refractivity contribution in [3.63, 3.8) is 0 Å². The fraction of sp³-hybridized carbons (Fsp3) is 0.400. The number of rotatable bonds is 9. The minimum atomic E-state index is -0.580.